The molecule has 146 heavy (non-hydrogen) atoms. The van der Waals surface area contributed by atoms with Crippen LogP contribution in [0.15, 0.2) is 152 Å². The molecule has 19 rings (SSSR count). The van der Waals surface area contributed by atoms with E-state index in [0.29, 0.717) is 158 Å². The quantitative estimate of drug-likeness (QED) is 0.0882. The number of carbonyl (C=O) groups excluding carboxylic acids is 8. The van der Waals surface area contributed by atoms with E-state index >= 15 is 4.39 Å². The smallest absolute Gasteiger partial charge is 0.275 e. The van der Waals surface area contributed by atoms with Gasteiger partial charge in [0.1, 0.15) is 62.8 Å². The van der Waals surface area contributed by atoms with Crippen LogP contribution >= 0.6 is 23.2 Å². The number of imidazole rings is 5. The summed E-state index contributed by atoms with van der Waals surface area (Å²) in [5, 5.41) is 39.1. The van der Waals surface area contributed by atoms with Gasteiger partial charge in [-0.1, -0.05) is 134 Å². The Morgan fingerprint density at radius 3 is 1.20 bits per heavy atom. The predicted octanol–water partition coefficient (Wildman–Crippen LogP) is 17.0. The van der Waals surface area contributed by atoms with Gasteiger partial charge in [0.25, 0.3) is 35.4 Å². The van der Waals surface area contributed by atoms with Crippen LogP contribution in [-0.2, 0) is 31.5 Å². The normalized spacial score (nSPS) is 17.9. The zero-order valence-corrected chi connectivity index (χ0v) is 88.2. The summed E-state index contributed by atoms with van der Waals surface area (Å²) in [6.07, 6.45) is 9.03. The molecule has 8 amide bonds. The second-order valence-electron chi connectivity index (χ2n) is 44.8. The van der Waals surface area contributed by atoms with Crippen molar-refractivity contribution < 1.29 is 56.6 Å². The molecule has 0 unspecified atom stereocenters. The van der Waals surface area contributed by atoms with E-state index in [-0.39, 0.29) is 103 Å². The first-order valence-electron chi connectivity index (χ1n) is 48.8. The number of piperazine rings is 4. The molecular weight excluding hydrogens is 1910 g/mol. The van der Waals surface area contributed by atoms with Crippen molar-refractivity contribution >= 4 is 93.0 Å². The second kappa shape index (κ2) is 39.0. The van der Waals surface area contributed by atoms with Crippen LogP contribution in [0, 0.1) is 38.3 Å². The molecule has 1 aliphatic carbocycles. The number of nitrogens with zero attached hydrogens (tertiary/aromatic N) is 21. The summed E-state index contributed by atoms with van der Waals surface area (Å²) in [5.74, 6) is -1.83. The number of H-pyrrole nitrogens is 2. The molecule has 38 heteroatoms. The first kappa shape index (κ1) is 105. The van der Waals surface area contributed by atoms with Crippen LogP contribution in [0.1, 0.15) is 254 Å². The number of benzene rings is 4. The molecule has 1 saturated carbocycles. The molecule has 5 fully saturated rings. The maximum atomic E-state index is 15.3. The zero-order valence-electron chi connectivity index (χ0n) is 86.7. The van der Waals surface area contributed by atoms with Crippen molar-refractivity contribution in [2.45, 2.75) is 222 Å². The third-order valence-corrected chi connectivity index (χ3v) is 28.0. The molecule has 33 nitrogen and oxygen atoms in total. The van der Waals surface area contributed by atoms with E-state index in [1.165, 1.54) is 59.3 Å². The van der Waals surface area contributed by atoms with Crippen molar-refractivity contribution in [3.63, 3.8) is 0 Å². The Morgan fingerprint density at radius 1 is 0.438 bits per heavy atom. The molecule has 5 aliphatic rings. The van der Waals surface area contributed by atoms with Gasteiger partial charge in [0.05, 0.1) is 81.0 Å². The fraction of sp³-hybridized carbons (Fsp3) is 0.426. The van der Waals surface area contributed by atoms with Gasteiger partial charge in [-0.3, -0.25) is 43.5 Å². The highest BCUT2D eigenvalue weighted by Gasteiger charge is 2.49. The Balaban J connectivity index is 0.000000140. The molecule has 0 atom stereocenters. The van der Waals surface area contributed by atoms with Gasteiger partial charge in [-0.25, -0.2) is 56.2 Å². The average Bonchev–Trinajstić information content (AvgIpc) is 1.63. The van der Waals surface area contributed by atoms with Gasteiger partial charge >= 0.3 is 0 Å². The molecule has 0 radical (unpaired) electrons. The summed E-state index contributed by atoms with van der Waals surface area (Å²) in [4.78, 5) is 144. The summed E-state index contributed by atoms with van der Waals surface area (Å²) in [5.41, 5.74) is 8.58. The Hall–Kier alpha value is -14.1. The fourth-order valence-corrected chi connectivity index (χ4v) is 19.6. The van der Waals surface area contributed by atoms with E-state index in [2.05, 4.69) is 124 Å². The number of hydrogen-bond donors (Lipinski definition) is 4. The highest BCUT2D eigenvalue weighted by molar-refractivity contribution is 6.31. The number of alkyl halides is 1. The SMILES string of the molecule is CC(C)(C)c1cc(-c2ccc(Cl)c(F)c2)nn2cc(C(=O)N3CCNC(=O)C3(C)C)nc12.CC1(O)CC(C(=O)N2CCN(C(=O)c3cn4nc(-c5ccc(Cl)cc5)cc(C(C)(C)C)c4n3)C(C)(C)C2)C1.Cc1cc(C(=O)N2CCN(C(=O)c3cn4nc(-c5ccc(F)cc5)cc(C(C)(C)F)c4n3)C(C)(C)C2)n[nH]1.Cc1ccc(-c2cc(C(C)(C)C)c3nc(C(=O)N4CCN(C(=O)c5cnc(C)[nH]5)CC4(C)C)cn3n2)cc1. The predicted molar refractivity (Wildman–Crippen MR) is 550 cm³/mol. The Morgan fingerprint density at radius 2 is 0.815 bits per heavy atom. The Bertz CT molecular complexity index is 7210. The van der Waals surface area contributed by atoms with Gasteiger partial charge in [0, 0.05) is 133 Å². The summed E-state index contributed by atoms with van der Waals surface area (Å²) >= 11 is 11.9. The van der Waals surface area contributed by atoms with Crippen molar-refractivity contribution in [1.82, 2.24) is 118 Å². The minimum absolute atomic E-state index is 0.0366. The summed E-state index contributed by atoms with van der Waals surface area (Å²) in [6, 6.07) is 35.3. The number of rotatable bonds is 12. The van der Waals surface area contributed by atoms with E-state index in [4.69, 9.17) is 43.4 Å². The number of fused-ring (bicyclic) bond motifs is 4. The second-order valence-corrected chi connectivity index (χ2v) is 45.6. The minimum atomic E-state index is -1.78. The van der Waals surface area contributed by atoms with E-state index in [0.717, 1.165) is 44.9 Å². The number of aromatic nitrogens is 16. The lowest BCUT2D eigenvalue weighted by molar-refractivity contribution is -0.153. The molecular formula is C108H125Cl2F3N24O9. The van der Waals surface area contributed by atoms with Gasteiger partial charge in [0.15, 0.2) is 22.6 Å². The number of hydrogen-bond acceptors (Lipinski definition) is 19. The van der Waals surface area contributed by atoms with E-state index in [1.54, 1.807) is 104 Å². The third kappa shape index (κ3) is 21.8. The molecule has 4 saturated heterocycles. The molecule has 10 aromatic heterocycles. The van der Waals surface area contributed by atoms with Crippen LogP contribution in [0.3, 0.4) is 0 Å². The standard InChI is InChI=1S/C29H36ClN5O3.C29H35N7O2.C27H29F2N7O2.C23H25ClFN5O2/c1-27(2,3)21-13-22(18-7-9-20(30)10-8-18)32-35-16-23(31-24(21)35)26(37)34-12-11-33(17-28(34,4)5)25(36)19-14-29(6,38)15-19;1-18-8-10-20(11-9-18)22-14-21(28(3,4)5)25-32-24(16-36(25)33-22)27(38)35-13-12-34(17-29(35,6)7)26(37)23-15-30-19(2)31-23;1-16-12-21(32-31-16)24(37)34-10-11-35(26(2,3)15-34)25(38)22-14-36-23(30-22)19(27(4,5)29)13-20(33-36)17-6-8-18(28)9-7-17;1-22(2,3)14-11-17(13-6-7-15(24)16(25)10-13)28-30-12-18(27-19(14)30)20(31)29-9-8-26-21(32)23(29,4)5/h7-10,13,16,19,38H,11-12,14-15,17H2,1-6H3;8-11,14-16H,12-13,17H2,1-7H3,(H,30,31);6-9,12-14H,10-11,15H2,1-5H3,(H,31,32);6-7,10-12H,8-9H2,1-5H3,(H,26,32). The lowest BCUT2D eigenvalue weighted by atomic mass is 9.71. The van der Waals surface area contributed by atoms with Crippen molar-refractivity contribution in [1.29, 1.82) is 0 Å². The zero-order chi connectivity index (χ0) is 106. The third-order valence-electron chi connectivity index (χ3n) is 27.5. The lowest BCUT2D eigenvalue weighted by Crippen LogP contribution is -2.63. The van der Waals surface area contributed by atoms with E-state index in [9.17, 15) is 52.2 Å². The number of aromatic amines is 2. The molecule has 0 bridgehead atoms. The molecule has 14 heterocycles. The Labute approximate surface area is 855 Å². The van der Waals surface area contributed by atoms with Gasteiger partial charge in [0.2, 0.25) is 11.8 Å². The highest BCUT2D eigenvalue weighted by Crippen LogP contribution is 2.42. The van der Waals surface area contributed by atoms with E-state index in [1.807, 2.05) is 127 Å². The average molecular weight is 2030 g/mol. The summed E-state index contributed by atoms with van der Waals surface area (Å²) in [6.45, 7) is 48.5. The van der Waals surface area contributed by atoms with Gasteiger partial charge in [-0.05, 0) is 205 Å². The molecule has 4 aromatic carbocycles. The van der Waals surface area contributed by atoms with Crippen molar-refractivity contribution in [2.75, 3.05) is 72.0 Å². The molecule has 4 aliphatic heterocycles. The number of halogens is 5. The highest BCUT2D eigenvalue weighted by atomic mass is 35.5. The monoisotopic (exact) mass is 2030 g/mol. The number of carbonyl (C=O) groups is 8. The van der Waals surface area contributed by atoms with Crippen LogP contribution in [0.5, 0.6) is 0 Å². The molecule has 766 valence electrons. The van der Waals surface area contributed by atoms with E-state index < -0.39 is 39.2 Å². The van der Waals surface area contributed by atoms with Crippen LogP contribution in [-0.4, -0.2) is 265 Å². The van der Waals surface area contributed by atoms with Crippen LogP contribution < -0.4 is 5.32 Å². The number of nitrogens with one attached hydrogen (secondary N) is 3. The van der Waals surface area contributed by atoms with Gasteiger partial charge in [-0.15, -0.1) is 0 Å². The number of aryl methyl sites for hydroxylation is 3. The fourth-order valence-electron chi connectivity index (χ4n) is 19.4. The van der Waals surface area contributed by atoms with Crippen molar-refractivity contribution in [3.8, 4) is 45.0 Å². The first-order valence-corrected chi connectivity index (χ1v) is 49.5. The maximum absolute atomic E-state index is 15.3. The topological polar surface area (TPSA) is 370 Å². The maximum Gasteiger partial charge on any atom is 0.275 e. The van der Waals surface area contributed by atoms with Crippen LogP contribution in [0.25, 0.3) is 67.6 Å². The van der Waals surface area contributed by atoms with Gasteiger partial charge < -0.3 is 49.7 Å². The van der Waals surface area contributed by atoms with Crippen molar-refractivity contribution in [2.24, 2.45) is 5.92 Å². The summed E-state index contributed by atoms with van der Waals surface area (Å²) < 4.78 is 49.2. The largest absolute Gasteiger partial charge is 0.390 e. The molecule has 4 N–H and O–H groups in total. The number of amides is 8. The molecule has 14 aromatic rings. The lowest BCUT2D eigenvalue weighted by Gasteiger charge is -2.49. The first-order chi connectivity index (χ1) is 68.2. The van der Waals surface area contributed by atoms with Gasteiger partial charge in [-0.2, -0.15) is 25.5 Å². The van der Waals surface area contributed by atoms with Crippen molar-refractivity contribution in [3.05, 3.63) is 247 Å². The Kier molecular flexibility index (Phi) is 28.0. The minimum Gasteiger partial charge on any atom is -0.390 e. The molecule has 0 spiro atoms. The number of aliphatic hydroxyl groups is 1. The summed E-state index contributed by atoms with van der Waals surface area (Å²) in [7, 11) is 0. The van der Waals surface area contributed by atoms with Crippen LogP contribution in [0.2, 0.25) is 10.0 Å². The van der Waals surface area contributed by atoms with Crippen LogP contribution in [0.4, 0.5) is 13.2 Å².